The summed E-state index contributed by atoms with van der Waals surface area (Å²) in [6.07, 6.45) is -0.0672. The van der Waals surface area contributed by atoms with Crippen LogP contribution in [0.2, 0.25) is 0 Å². The summed E-state index contributed by atoms with van der Waals surface area (Å²) in [5.74, 6) is -0.661. The second-order valence-corrected chi connectivity index (χ2v) is 6.76. The molecule has 1 aromatic heterocycles. The van der Waals surface area contributed by atoms with Crippen LogP contribution in [-0.4, -0.2) is 33.8 Å². The predicted molar refractivity (Wildman–Crippen MR) is 92.6 cm³/mol. The molecule has 1 aromatic carbocycles. The van der Waals surface area contributed by atoms with Crippen molar-refractivity contribution in [2.45, 2.75) is 32.5 Å². The number of aromatic nitrogens is 1. The van der Waals surface area contributed by atoms with Gasteiger partial charge in [-0.3, -0.25) is 14.9 Å². The zero-order valence-electron chi connectivity index (χ0n) is 13.7. The molecule has 3 rings (SSSR count). The van der Waals surface area contributed by atoms with Crippen LogP contribution in [0.3, 0.4) is 0 Å². The Morgan fingerprint density at radius 1 is 1.24 bits per heavy atom. The molecular weight excluding hydrogens is 340 g/mol. The van der Waals surface area contributed by atoms with Gasteiger partial charge in [-0.25, -0.2) is 9.78 Å². The zero-order valence-corrected chi connectivity index (χ0v) is 14.5. The Kier molecular flexibility index (Phi) is 5.08. The van der Waals surface area contributed by atoms with Gasteiger partial charge in [0.05, 0.1) is 24.2 Å². The zero-order chi connectivity index (χ0) is 17.8. The Bertz CT molecular complexity index is 790. The van der Waals surface area contributed by atoms with Gasteiger partial charge in [0.1, 0.15) is 6.04 Å². The van der Waals surface area contributed by atoms with Crippen molar-refractivity contribution in [3.8, 4) is 0 Å². The normalized spacial score (nSPS) is 16.4. The Balaban J connectivity index is 1.75. The lowest BCUT2D eigenvalue weighted by Gasteiger charge is -2.23. The Labute approximate surface area is 149 Å². The largest absolute Gasteiger partial charge is 0.333 e. The number of carbonyl (C=O) groups excluding carboxylic acids is 3. The van der Waals surface area contributed by atoms with Gasteiger partial charge >= 0.3 is 6.03 Å². The molecule has 0 spiro atoms. The fourth-order valence-electron chi connectivity index (χ4n) is 2.59. The van der Waals surface area contributed by atoms with Crippen LogP contribution in [0.1, 0.15) is 22.6 Å². The summed E-state index contributed by atoms with van der Waals surface area (Å²) in [4.78, 5) is 42.6. The van der Waals surface area contributed by atoms with Crippen molar-refractivity contribution in [2.75, 3.05) is 0 Å². The molecule has 1 unspecified atom stereocenters. The fourth-order valence-corrected chi connectivity index (χ4v) is 3.39. The number of aryl methyl sites for hydroxylation is 1. The van der Waals surface area contributed by atoms with Gasteiger partial charge in [0, 0.05) is 11.4 Å². The number of carbonyl (C=O) groups is 3. The third-order valence-corrected chi connectivity index (χ3v) is 4.91. The first-order chi connectivity index (χ1) is 12.0. The number of urea groups is 1. The molecule has 0 aliphatic carbocycles. The van der Waals surface area contributed by atoms with Crippen molar-refractivity contribution >= 4 is 29.2 Å². The van der Waals surface area contributed by atoms with E-state index in [4.69, 9.17) is 0 Å². The van der Waals surface area contributed by atoms with E-state index in [1.807, 2.05) is 37.3 Å². The van der Waals surface area contributed by atoms with Gasteiger partial charge in [0.15, 0.2) is 0 Å². The van der Waals surface area contributed by atoms with Gasteiger partial charge in [0.25, 0.3) is 5.91 Å². The molecular formula is C17H18N4O3S. The molecule has 2 aromatic rings. The molecule has 1 aliphatic rings. The van der Waals surface area contributed by atoms with E-state index in [9.17, 15) is 14.4 Å². The topological polar surface area (TPSA) is 91.4 Å². The second-order valence-electron chi connectivity index (χ2n) is 5.82. The molecule has 7 nitrogen and oxygen atoms in total. The number of thiazole rings is 1. The van der Waals surface area contributed by atoms with Crippen LogP contribution in [0.5, 0.6) is 0 Å². The average molecular weight is 358 g/mol. The van der Waals surface area contributed by atoms with E-state index in [0.29, 0.717) is 13.1 Å². The van der Waals surface area contributed by atoms with Gasteiger partial charge in [-0.15, -0.1) is 11.3 Å². The van der Waals surface area contributed by atoms with E-state index in [1.165, 1.54) is 11.3 Å². The number of amides is 4. The number of hydrogen-bond acceptors (Lipinski definition) is 5. The lowest BCUT2D eigenvalue weighted by atomic mass is 10.1. The molecule has 0 radical (unpaired) electrons. The van der Waals surface area contributed by atoms with Crippen LogP contribution in [0.25, 0.3) is 0 Å². The van der Waals surface area contributed by atoms with Gasteiger partial charge in [-0.1, -0.05) is 30.3 Å². The Morgan fingerprint density at radius 3 is 2.60 bits per heavy atom. The minimum absolute atomic E-state index is 0.0672. The van der Waals surface area contributed by atoms with E-state index in [-0.39, 0.29) is 12.3 Å². The number of benzene rings is 1. The fraction of sp³-hybridized carbons (Fsp3) is 0.294. The maximum atomic E-state index is 12.8. The van der Waals surface area contributed by atoms with Crippen LogP contribution in [0.4, 0.5) is 4.79 Å². The molecule has 1 atom stereocenters. The second kappa shape index (κ2) is 7.43. The van der Waals surface area contributed by atoms with Crippen LogP contribution in [0, 0.1) is 6.92 Å². The molecule has 0 bridgehead atoms. The van der Waals surface area contributed by atoms with Crippen LogP contribution in [0.15, 0.2) is 35.8 Å². The summed E-state index contributed by atoms with van der Waals surface area (Å²) < 4.78 is 0. The van der Waals surface area contributed by atoms with E-state index >= 15 is 0 Å². The average Bonchev–Trinajstić information content (AvgIpc) is 3.13. The monoisotopic (exact) mass is 358 g/mol. The quantitative estimate of drug-likeness (QED) is 0.767. The molecule has 2 heterocycles. The SMILES string of the molecule is Cc1ncsc1CN(Cc1ccccc1)C(=O)CC1NC(=O)NC1=O. The first-order valence-electron chi connectivity index (χ1n) is 7.85. The van der Waals surface area contributed by atoms with E-state index in [0.717, 1.165) is 16.1 Å². The van der Waals surface area contributed by atoms with Gasteiger partial charge < -0.3 is 10.2 Å². The highest BCUT2D eigenvalue weighted by Gasteiger charge is 2.32. The molecule has 4 amide bonds. The van der Waals surface area contributed by atoms with Crippen molar-refractivity contribution in [1.29, 1.82) is 0 Å². The van der Waals surface area contributed by atoms with Gasteiger partial charge in [0.2, 0.25) is 5.91 Å². The number of imide groups is 1. The lowest BCUT2D eigenvalue weighted by molar-refractivity contribution is -0.135. The molecule has 130 valence electrons. The number of rotatable bonds is 6. The number of nitrogens with one attached hydrogen (secondary N) is 2. The van der Waals surface area contributed by atoms with Crippen LogP contribution in [-0.2, 0) is 22.7 Å². The van der Waals surface area contributed by atoms with Crippen molar-refractivity contribution < 1.29 is 14.4 Å². The highest BCUT2D eigenvalue weighted by atomic mass is 32.1. The summed E-state index contributed by atoms with van der Waals surface area (Å²) in [5, 5.41) is 4.61. The predicted octanol–water partition coefficient (Wildman–Crippen LogP) is 1.58. The minimum atomic E-state index is -0.819. The van der Waals surface area contributed by atoms with E-state index in [1.54, 1.807) is 10.4 Å². The van der Waals surface area contributed by atoms with Gasteiger partial charge in [-0.2, -0.15) is 0 Å². The Hall–Kier alpha value is -2.74. The number of hydrogen-bond donors (Lipinski definition) is 2. The first kappa shape index (κ1) is 17.1. The molecule has 25 heavy (non-hydrogen) atoms. The van der Waals surface area contributed by atoms with Crippen molar-refractivity contribution in [2.24, 2.45) is 0 Å². The first-order valence-corrected chi connectivity index (χ1v) is 8.73. The highest BCUT2D eigenvalue weighted by molar-refractivity contribution is 7.09. The molecule has 1 saturated heterocycles. The van der Waals surface area contributed by atoms with Gasteiger partial charge in [-0.05, 0) is 12.5 Å². The van der Waals surface area contributed by atoms with Crippen LogP contribution >= 0.6 is 11.3 Å². The minimum Gasteiger partial charge on any atom is -0.333 e. The highest BCUT2D eigenvalue weighted by Crippen LogP contribution is 2.18. The summed E-state index contributed by atoms with van der Waals surface area (Å²) in [6.45, 7) is 2.76. The summed E-state index contributed by atoms with van der Waals surface area (Å²) in [7, 11) is 0. The summed E-state index contributed by atoms with van der Waals surface area (Å²) in [5.41, 5.74) is 3.64. The third kappa shape index (κ3) is 4.21. The van der Waals surface area contributed by atoms with E-state index < -0.39 is 18.0 Å². The smallest absolute Gasteiger partial charge is 0.322 e. The third-order valence-electron chi connectivity index (χ3n) is 3.99. The standard InChI is InChI=1S/C17H18N4O3S/c1-11-14(25-10-18-11)9-21(8-12-5-3-2-4-6-12)15(22)7-13-16(23)20-17(24)19-13/h2-6,10,13H,7-9H2,1H3,(H2,19,20,23,24). The molecule has 2 N–H and O–H groups in total. The Morgan fingerprint density at radius 2 is 2.00 bits per heavy atom. The lowest BCUT2D eigenvalue weighted by Crippen LogP contribution is -2.38. The number of nitrogens with zero attached hydrogens (tertiary/aromatic N) is 2. The summed E-state index contributed by atoms with van der Waals surface area (Å²) in [6, 6.07) is 8.27. The van der Waals surface area contributed by atoms with Crippen molar-refractivity contribution in [3.05, 3.63) is 52.0 Å². The maximum Gasteiger partial charge on any atom is 0.322 e. The molecule has 8 heteroatoms. The molecule has 0 saturated carbocycles. The molecule has 1 aliphatic heterocycles. The molecule has 1 fully saturated rings. The maximum absolute atomic E-state index is 12.8. The van der Waals surface area contributed by atoms with Crippen LogP contribution < -0.4 is 10.6 Å². The van der Waals surface area contributed by atoms with Crippen molar-refractivity contribution in [1.82, 2.24) is 20.5 Å². The van der Waals surface area contributed by atoms with Crippen molar-refractivity contribution in [3.63, 3.8) is 0 Å². The van der Waals surface area contributed by atoms with E-state index in [2.05, 4.69) is 15.6 Å². The summed E-state index contributed by atoms with van der Waals surface area (Å²) >= 11 is 1.50.